The van der Waals surface area contributed by atoms with Gasteiger partial charge in [-0.05, 0) is 54.8 Å². The second-order valence-electron chi connectivity index (χ2n) is 5.09. The summed E-state index contributed by atoms with van der Waals surface area (Å²) in [4.78, 5) is 0. The fourth-order valence-corrected chi connectivity index (χ4v) is 3.45. The molecule has 0 aromatic heterocycles. The van der Waals surface area contributed by atoms with Crippen LogP contribution in [0.5, 0.6) is 0 Å². The Balaban J connectivity index is 2.28. The summed E-state index contributed by atoms with van der Waals surface area (Å²) in [5.74, 6) is 0. The maximum absolute atomic E-state index is 6.11. The topological polar surface area (TPSA) is 12.0 Å². The van der Waals surface area contributed by atoms with Crippen LogP contribution in [0.15, 0.2) is 40.9 Å². The molecule has 0 spiro atoms. The number of hydrogen-bond donors (Lipinski definition) is 1. The maximum atomic E-state index is 6.11. The van der Waals surface area contributed by atoms with Crippen LogP contribution in [0.2, 0.25) is 10.0 Å². The third kappa shape index (κ3) is 4.46. The molecule has 0 bridgehead atoms. The van der Waals surface area contributed by atoms with Gasteiger partial charge < -0.3 is 5.32 Å². The van der Waals surface area contributed by atoms with Crippen molar-refractivity contribution in [3.05, 3.63) is 67.6 Å². The number of rotatable bonds is 5. The number of benzene rings is 2. The van der Waals surface area contributed by atoms with Gasteiger partial charge in [0.1, 0.15) is 0 Å². The zero-order chi connectivity index (χ0) is 15.4. The van der Waals surface area contributed by atoms with E-state index in [4.69, 9.17) is 23.2 Å². The summed E-state index contributed by atoms with van der Waals surface area (Å²) < 4.78 is 1.13. The Hall–Kier alpha value is -0.540. The van der Waals surface area contributed by atoms with Gasteiger partial charge in [-0.2, -0.15) is 0 Å². The van der Waals surface area contributed by atoms with Gasteiger partial charge in [-0.15, -0.1) is 0 Å². The van der Waals surface area contributed by atoms with Crippen LogP contribution in [0.3, 0.4) is 0 Å². The molecular weight excluding hydrogens is 369 g/mol. The molecule has 1 unspecified atom stereocenters. The summed E-state index contributed by atoms with van der Waals surface area (Å²) in [5, 5.41) is 4.73. The highest BCUT2D eigenvalue weighted by Gasteiger charge is 2.15. The van der Waals surface area contributed by atoms with Crippen molar-refractivity contribution in [1.29, 1.82) is 0 Å². The summed E-state index contributed by atoms with van der Waals surface area (Å²) in [7, 11) is 0. The number of nitrogens with one attached hydrogen (secondary N) is 1. The van der Waals surface area contributed by atoms with Crippen molar-refractivity contribution in [1.82, 2.24) is 5.32 Å². The van der Waals surface area contributed by atoms with E-state index < -0.39 is 0 Å². The molecule has 1 atom stereocenters. The zero-order valence-corrected chi connectivity index (χ0v) is 15.2. The number of aryl methyl sites for hydroxylation is 1. The van der Waals surface area contributed by atoms with Crippen molar-refractivity contribution < 1.29 is 0 Å². The molecular formula is C17H18BrCl2N. The van der Waals surface area contributed by atoms with E-state index in [1.165, 1.54) is 16.7 Å². The van der Waals surface area contributed by atoms with Gasteiger partial charge in [0, 0.05) is 10.5 Å². The molecule has 2 aromatic carbocycles. The molecule has 21 heavy (non-hydrogen) atoms. The first-order chi connectivity index (χ1) is 10.0. The Bertz CT molecular complexity index is 628. The molecule has 0 aliphatic rings. The first-order valence-electron chi connectivity index (χ1n) is 6.94. The van der Waals surface area contributed by atoms with Gasteiger partial charge in [0.25, 0.3) is 0 Å². The molecule has 0 amide bonds. The molecule has 1 nitrogen and oxygen atoms in total. The highest BCUT2D eigenvalue weighted by atomic mass is 79.9. The van der Waals surface area contributed by atoms with Crippen molar-refractivity contribution in [3.8, 4) is 0 Å². The van der Waals surface area contributed by atoms with E-state index in [9.17, 15) is 0 Å². The van der Waals surface area contributed by atoms with Crippen molar-refractivity contribution >= 4 is 39.1 Å². The van der Waals surface area contributed by atoms with Crippen LogP contribution < -0.4 is 5.32 Å². The van der Waals surface area contributed by atoms with E-state index in [0.717, 1.165) is 17.4 Å². The fraction of sp³-hybridized carbons (Fsp3) is 0.294. The van der Waals surface area contributed by atoms with Crippen LogP contribution in [0, 0.1) is 6.92 Å². The van der Waals surface area contributed by atoms with Gasteiger partial charge in [-0.25, -0.2) is 0 Å². The van der Waals surface area contributed by atoms with E-state index >= 15 is 0 Å². The monoisotopic (exact) mass is 385 g/mol. The Morgan fingerprint density at radius 2 is 1.86 bits per heavy atom. The maximum Gasteiger partial charge on any atom is 0.0595 e. The normalized spacial score (nSPS) is 12.4. The van der Waals surface area contributed by atoms with Gasteiger partial charge in [-0.3, -0.25) is 0 Å². The highest BCUT2D eigenvalue weighted by Crippen LogP contribution is 2.29. The lowest BCUT2D eigenvalue weighted by atomic mass is 9.98. The molecule has 0 aliphatic carbocycles. The molecule has 2 aromatic rings. The molecule has 2 rings (SSSR count). The first-order valence-corrected chi connectivity index (χ1v) is 8.49. The third-order valence-corrected chi connectivity index (χ3v) is 4.83. The fourth-order valence-electron chi connectivity index (χ4n) is 2.36. The lowest BCUT2D eigenvalue weighted by molar-refractivity contribution is 0.548. The number of halogens is 3. The SMILES string of the molecule is CCNC(Cc1ccc(Cl)c(Cl)c1)c1ccc(C)cc1Br. The Kier molecular flexibility index (Phi) is 6.12. The largest absolute Gasteiger partial charge is 0.310 e. The van der Waals surface area contributed by atoms with Gasteiger partial charge in [0.2, 0.25) is 0 Å². The zero-order valence-electron chi connectivity index (χ0n) is 12.1. The number of hydrogen-bond acceptors (Lipinski definition) is 1. The summed E-state index contributed by atoms with van der Waals surface area (Å²) in [5.41, 5.74) is 3.67. The van der Waals surface area contributed by atoms with Crippen LogP contribution >= 0.6 is 39.1 Å². The van der Waals surface area contributed by atoms with E-state index in [1.54, 1.807) is 0 Å². The van der Waals surface area contributed by atoms with Crippen molar-refractivity contribution in [3.63, 3.8) is 0 Å². The average molecular weight is 387 g/mol. The molecule has 4 heteroatoms. The molecule has 0 aliphatic heterocycles. The van der Waals surface area contributed by atoms with Crippen molar-refractivity contribution in [2.45, 2.75) is 26.3 Å². The Morgan fingerprint density at radius 1 is 1.10 bits per heavy atom. The predicted octanol–water partition coefficient (Wildman–Crippen LogP) is 5.96. The summed E-state index contributed by atoms with van der Waals surface area (Å²) in [6.07, 6.45) is 0.867. The molecule has 0 fully saturated rings. The summed E-state index contributed by atoms with van der Waals surface area (Å²) in [6.45, 7) is 5.12. The first kappa shape index (κ1) is 16.8. The quantitative estimate of drug-likeness (QED) is 0.668. The van der Waals surface area contributed by atoms with Gasteiger partial charge in [0.15, 0.2) is 0 Å². The molecule has 0 saturated heterocycles. The van der Waals surface area contributed by atoms with Gasteiger partial charge in [0.05, 0.1) is 10.0 Å². The smallest absolute Gasteiger partial charge is 0.0595 e. The van der Waals surface area contributed by atoms with Gasteiger partial charge >= 0.3 is 0 Å². The van der Waals surface area contributed by atoms with Crippen LogP contribution in [0.4, 0.5) is 0 Å². The van der Waals surface area contributed by atoms with E-state index in [1.807, 2.05) is 18.2 Å². The minimum atomic E-state index is 0.238. The second-order valence-corrected chi connectivity index (χ2v) is 6.76. The second kappa shape index (κ2) is 7.64. The van der Waals surface area contributed by atoms with Crippen LogP contribution in [0.1, 0.15) is 29.7 Å². The van der Waals surface area contributed by atoms with Crippen molar-refractivity contribution in [2.24, 2.45) is 0 Å². The lowest BCUT2D eigenvalue weighted by Crippen LogP contribution is -2.23. The molecule has 0 saturated carbocycles. The van der Waals surface area contributed by atoms with Crippen LogP contribution in [-0.4, -0.2) is 6.54 Å². The minimum absolute atomic E-state index is 0.238. The average Bonchev–Trinajstić information content (AvgIpc) is 2.42. The van der Waals surface area contributed by atoms with E-state index in [2.05, 4.69) is 53.3 Å². The molecule has 1 N–H and O–H groups in total. The Morgan fingerprint density at radius 3 is 2.48 bits per heavy atom. The number of likely N-dealkylation sites (N-methyl/N-ethyl adjacent to an activating group) is 1. The third-order valence-electron chi connectivity index (χ3n) is 3.41. The molecule has 0 radical (unpaired) electrons. The standard InChI is InChI=1S/C17H18BrCl2N/c1-3-21-17(13-6-4-11(2)8-14(13)18)10-12-5-7-15(19)16(20)9-12/h4-9,17,21H,3,10H2,1-2H3. The summed E-state index contributed by atoms with van der Waals surface area (Å²) in [6, 6.07) is 12.5. The summed E-state index contributed by atoms with van der Waals surface area (Å²) >= 11 is 15.8. The van der Waals surface area contributed by atoms with Crippen molar-refractivity contribution in [2.75, 3.05) is 6.54 Å². The lowest BCUT2D eigenvalue weighted by Gasteiger charge is -2.20. The Labute approximate surface area is 144 Å². The molecule has 112 valence electrons. The highest BCUT2D eigenvalue weighted by molar-refractivity contribution is 9.10. The predicted molar refractivity (Wildman–Crippen MR) is 95.5 cm³/mol. The van der Waals surface area contributed by atoms with Crippen LogP contribution in [-0.2, 0) is 6.42 Å². The minimum Gasteiger partial charge on any atom is -0.310 e. The molecule has 0 heterocycles. The van der Waals surface area contributed by atoms with E-state index in [0.29, 0.717) is 10.0 Å². The van der Waals surface area contributed by atoms with Gasteiger partial charge in [-0.1, -0.05) is 64.3 Å². The van der Waals surface area contributed by atoms with Crippen LogP contribution in [0.25, 0.3) is 0 Å². The van der Waals surface area contributed by atoms with E-state index in [-0.39, 0.29) is 6.04 Å².